The largest absolute Gasteiger partial charge is 0.497 e. The molecule has 0 heterocycles. The zero-order chi connectivity index (χ0) is 28.1. The maximum atomic E-state index is 12.8. The Morgan fingerprint density at radius 1 is 0.763 bits per heavy atom. The molecule has 2 aromatic rings. The van der Waals surface area contributed by atoms with Crippen molar-refractivity contribution in [2.75, 3.05) is 21.3 Å². The highest BCUT2D eigenvalue weighted by Crippen LogP contribution is 2.44. The van der Waals surface area contributed by atoms with Crippen molar-refractivity contribution in [3.63, 3.8) is 0 Å². The molecule has 212 valence electrons. The van der Waals surface area contributed by atoms with Gasteiger partial charge < -0.3 is 18.9 Å². The van der Waals surface area contributed by atoms with Crippen molar-refractivity contribution >= 4 is 5.78 Å². The number of unbranched alkanes of at least 4 members (excludes halogenated alkanes) is 4. The molecular formula is C33H50O5. The standard InChI is InChI=1S/C33H50O5/c1-9-12-14-17-25-19-26(35-6)22-32(37-8)33(25)38-31-21-27(36-7)20-30(29(31)16-11-3)23(4)28(24(5)34)18-15-13-10-2/h19-23,28H,9-18H2,1-8H3. The highest BCUT2D eigenvalue weighted by molar-refractivity contribution is 5.79. The lowest BCUT2D eigenvalue weighted by molar-refractivity contribution is -0.121. The Balaban J connectivity index is 2.64. The van der Waals surface area contributed by atoms with Crippen molar-refractivity contribution in [3.05, 3.63) is 41.0 Å². The fourth-order valence-electron chi connectivity index (χ4n) is 5.29. The molecule has 2 aromatic carbocycles. The van der Waals surface area contributed by atoms with Gasteiger partial charge in [0, 0.05) is 23.6 Å². The summed E-state index contributed by atoms with van der Waals surface area (Å²) < 4.78 is 23.9. The van der Waals surface area contributed by atoms with Crippen LogP contribution in [0.4, 0.5) is 0 Å². The minimum absolute atomic E-state index is 0.0303. The summed E-state index contributed by atoms with van der Waals surface area (Å²) >= 11 is 0. The first kappa shape index (κ1) is 31.5. The van der Waals surface area contributed by atoms with Crippen LogP contribution in [0.2, 0.25) is 0 Å². The normalized spacial score (nSPS) is 12.6. The van der Waals surface area contributed by atoms with E-state index in [-0.39, 0.29) is 17.6 Å². The summed E-state index contributed by atoms with van der Waals surface area (Å²) in [7, 11) is 5.02. The first-order valence-corrected chi connectivity index (χ1v) is 14.5. The molecule has 2 unspecified atom stereocenters. The monoisotopic (exact) mass is 526 g/mol. The minimum atomic E-state index is -0.0303. The third kappa shape index (κ3) is 8.41. The van der Waals surface area contributed by atoms with Gasteiger partial charge in [-0.2, -0.15) is 0 Å². The molecule has 0 aliphatic carbocycles. The first-order chi connectivity index (χ1) is 18.3. The molecule has 0 aliphatic heterocycles. The smallest absolute Gasteiger partial charge is 0.172 e. The van der Waals surface area contributed by atoms with Crippen LogP contribution in [0.5, 0.6) is 28.7 Å². The number of benzene rings is 2. The summed E-state index contributed by atoms with van der Waals surface area (Å²) in [4.78, 5) is 12.8. The molecular weight excluding hydrogens is 476 g/mol. The fraction of sp³-hybridized carbons (Fsp3) is 0.606. The third-order valence-electron chi connectivity index (χ3n) is 7.51. The van der Waals surface area contributed by atoms with Gasteiger partial charge in [0.1, 0.15) is 23.0 Å². The van der Waals surface area contributed by atoms with E-state index in [0.717, 1.165) is 104 Å². The lowest BCUT2D eigenvalue weighted by Gasteiger charge is -2.27. The molecule has 0 N–H and O–H groups in total. The summed E-state index contributed by atoms with van der Waals surface area (Å²) in [6.45, 7) is 10.5. The molecule has 0 fully saturated rings. The zero-order valence-corrected chi connectivity index (χ0v) is 25.1. The van der Waals surface area contributed by atoms with Gasteiger partial charge in [-0.25, -0.2) is 0 Å². The van der Waals surface area contributed by atoms with Crippen molar-refractivity contribution in [2.24, 2.45) is 5.92 Å². The van der Waals surface area contributed by atoms with Gasteiger partial charge in [0.25, 0.3) is 0 Å². The molecule has 0 aliphatic rings. The Hall–Kier alpha value is -2.69. The van der Waals surface area contributed by atoms with Crippen LogP contribution in [0.3, 0.4) is 0 Å². The second-order valence-electron chi connectivity index (χ2n) is 10.3. The Bertz CT molecular complexity index is 1010. The maximum absolute atomic E-state index is 12.8. The molecule has 0 bridgehead atoms. The molecule has 0 spiro atoms. The lowest BCUT2D eigenvalue weighted by Crippen LogP contribution is -2.20. The van der Waals surface area contributed by atoms with Gasteiger partial charge in [-0.1, -0.05) is 66.2 Å². The number of Topliss-reactive ketones (excluding diaryl/α,β-unsaturated/α-hetero) is 1. The van der Waals surface area contributed by atoms with Crippen LogP contribution in [0, 0.1) is 5.92 Å². The Kier molecular flexibility index (Phi) is 13.5. The summed E-state index contributed by atoms with van der Waals surface area (Å²) in [6, 6.07) is 8.00. The number of methoxy groups -OCH3 is 3. The summed E-state index contributed by atoms with van der Waals surface area (Å²) in [5.41, 5.74) is 3.34. The molecule has 38 heavy (non-hydrogen) atoms. The molecule has 2 rings (SSSR count). The highest BCUT2D eigenvalue weighted by Gasteiger charge is 2.27. The van der Waals surface area contributed by atoms with E-state index in [1.54, 1.807) is 28.3 Å². The van der Waals surface area contributed by atoms with Gasteiger partial charge in [0.05, 0.1) is 21.3 Å². The molecule has 5 heteroatoms. The maximum Gasteiger partial charge on any atom is 0.172 e. The van der Waals surface area contributed by atoms with E-state index in [0.29, 0.717) is 5.75 Å². The van der Waals surface area contributed by atoms with Crippen LogP contribution in [0.15, 0.2) is 24.3 Å². The van der Waals surface area contributed by atoms with Crippen LogP contribution in [-0.4, -0.2) is 27.1 Å². The van der Waals surface area contributed by atoms with E-state index in [1.165, 1.54) is 0 Å². The average Bonchev–Trinajstić information content (AvgIpc) is 2.92. The summed E-state index contributed by atoms with van der Waals surface area (Å²) in [6.07, 6.45) is 10.3. The van der Waals surface area contributed by atoms with Gasteiger partial charge in [-0.3, -0.25) is 4.79 Å². The Labute approximate surface area is 231 Å². The number of rotatable bonds is 18. The molecule has 0 amide bonds. The average molecular weight is 527 g/mol. The summed E-state index contributed by atoms with van der Waals surface area (Å²) in [5, 5.41) is 0. The molecule has 0 saturated heterocycles. The number of aryl methyl sites for hydroxylation is 1. The van der Waals surface area contributed by atoms with Gasteiger partial charge in [0.2, 0.25) is 0 Å². The highest BCUT2D eigenvalue weighted by atomic mass is 16.5. The number of ketones is 1. The number of ether oxygens (including phenoxy) is 4. The summed E-state index contributed by atoms with van der Waals surface area (Å²) in [5.74, 6) is 3.91. The van der Waals surface area contributed by atoms with Gasteiger partial charge in [0.15, 0.2) is 11.5 Å². The van der Waals surface area contributed by atoms with E-state index in [9.17, 15) is 4.79 Å². The van der Waals surface area contributed by atoms with Gasteiger partial charge in [-0.05, 0) is 61.8 Å². The predicted molar refractivity (Wildman–Crippen MR) is 157 cm³/mol. The lowest BCUT2D eigenvalue weighted by atomic mass is 9.79. The zero-order valence-electron chi connectivity index (χ0n) is 25.1. The van der Waals surface area contributed by atoms with Gasteiger partial charge >= 0.3 is 0 Å². The van der Waals surface area contributed by atoms with Crippen molar-refractivity contribution in [3.8, 4) is 28.7 Å². The number of carbonyl (C=O) groups excluding carboxylic acids is 1. The first-order valence-electron chi connectivity index (χ1n) is 14.5. The molecule has 0 saturated carbocycles. The second-order valence-corrected chi connectivity index (χ2v) is 10.3. The van der Waals surface area contributed by atoms with E-state index < -0.39 is 0 Å². The molecule has 0 aromatic heterocycles. The quantitative estimate of drug-likeness (QED) is 0.181. The number of hydrogen-bond donors (Lipinski definition) is 0. The van der Waals surface area contributed by atoms with Crippen LogP contribution < -0.4 is 18.9 Å². The fourth-order valence-corrected chi connectivity index (χ4v) is 5.29. The van der Waals surface area contributed by atoms with Crippen LogP contribution in [0.25, 0.3) is 0 Å². The predicted octanol–water partition coefficient (Wildman–Crippen LogP) is 9.08. The second kappa shape index (κ2) is 16.3. The molecule has 0 radical (unpaired) electrons. The number of hydrogen-bond acceptors (Lipinski definition) is 5. The Morgan fingerprint density at radius 3 is 1.97 bits per heavy atom. The van der Waals surface area contributed by atoms with E-state index in [1.807, 2.05) is 12.1 Å². The Morgan fingerprint density at radius 2 is 1.39 bits per heavy atom. The van der Waals surface area contributed by atoms with Crippen LogP contribution in [-0.2, 0) is 17.6 Å². The van der Waals surface area contributed by atoms with Crippen molar-refractivity contribution in [1.82, 2.24) is 0 Å². The molecule has 2 atom stereocenters. The van der Waals surface area contributed by atoms with Crippen LogP contribution >= 0.6 is 0 Å². The third-order valence-corrected chi connectivity index (χ3v) is 7.51. The topological polar surface area (TPSA) is 54.0 Å². The number of carbonyl (C=O) groups is 1. The van der Waals surface area contributed by atoms with Crippen LogP contribution in [0.1, 0.15) is 109 Å². The van der Waals surface area contributed by atoms with Crippen molar-refractivity contribution in [2.45, 2.75) is 105 Å². The van der Waals surface area contributed by atoms with Crippen molar-refractivity contribution < 1.29 is 23.7 Å². The molecule has 5 nitrogen and oxygen atoms in total. The van der Waals surface area contributed by atoms with E-state index >= 15 is 0 Å². The van der Waals surface area contributed by atoms with Crippen molar-refractivity contribution in [1.29, 1.82) is 0 Å². The van der Waals surface area contributed by atoms with E-state index in [4.69, 9.17) is 18.9 Å². The SMILES string of the molecule is CCCCCc1cc(OC)cc(OC)c1Oc1cc(OC)cc(C(C)C(CCCCC)C(C)=O)c1CCC. The van der Waals surface area contributed by atoms with Gasteiger partial charge in [-0.15, -0.1) is 0 Å². The van der Waals surface area contributed by atoms with E-state index in [2.05, 4.69) is 39.8 Å². The minimum Gasteiger partial charge on any atom is -0.497 e.